The SMILES string of the molecule is CCNC(Cc1cnn(CC)c1)C1COC(C)C1. The van der Waals surface area contributed by atoms with E-state index in [1.54, 1.807) is 0 Å². The minimum absolute atomic E-state index is 0.412. The fourth-order valence-electron chi connectivity index (χ4n) is 2.74. The topological polar surface area (TPSA) is 39.1 Å². The van der Waals surface area contributed by atoms with Crippen LogP contribution in [0.5, 0.6) is 0 Å². The van der Waals surface area contributed by atoms with Gasteiger partial charge in [0.15, 0.2) is 0 Å². The molecule has 0 bridgehead atoms. The maximum atomic E-state index is 5.70. The largest absolute Gasteiger partial charge is 0.378 e. The van der Waals surface area contributed by atoms with Crippen LogP contribution in [0.15, 0.2) is 12.4 Å². The summed E-state index contributed by atoms with van der Waals surface area (Å²) in [6, 6.07) is 0.509. The number of hydrogen-bond acceptors (Lipinski definition) is 3. The monoisotopic (exact) mass is 251 g/mol. The van der Waals surface area contributed by atoms with Crippen LogP contribution in [0.3, 0.4) is 0 Å². The van der Waals surface area contributed by atoms with Gasteiger partial charge in [-0.1, -0.05) is 6.92 Å². The van der Waals surface area contributed by atoms with E-state index < -0.39 is 0 Å². The Balaban J connectivity index is 1.97. The number of likely N-dealkylation sites (N-methyl/N-ethyl adjacent to an activating group) is 1. The van der Waals surface area contributed by atoms with E-state index in [1.165, 1.54) is 12.0 Å². The van der Waals surface area contributed by atoms with E-state index in [-0.39, 0.29) is 0 Å². The number of hydrogen-bond donors (Lipinski definition) is 1. The molecular formula is C14H25N3O. The number of nitrogens with zero attached hydrogens (tertiary/aromatic N) is 2. The summed E-state index contributed by atoms with van der Waals surface area (Å²) in [6.07, 6.45) is 6.78. The van der Waals surface area contributed by atoms with Crippen molar-refractivity contribution in [3.8, 4) is 0 Å². The zero-order valence-corrected chi connectivity index (χ0v) is 11.7. The highest BCUT2D eigenvalue weighted by atomic mass is 16.5. The Morgan fingerprint density at radius 3 is 2.94 bits per heavy atom. The zero-order chi connectivity index (χ0) is 13.0. The van der Waals surface area contributed by atoms with Crippen LogP contribution in [-0.2, 0) is 17.7 Å². The molecule has 1 aromatic rings. The van der Waals surface area contributed by atoms with Gasteiger partial charge >= 0.3 is 0 Å². The molecule has 0 spiro atoms. The van der Waals surface area contributed by atoms with E-state index in [4.69, 9.17) is 4.74 Å². The smallest absolute Gasteiger partial charge is 0.0551 e. The van der Waals surface area contributed by atoms with Crippen LogP contribution in [-0.4, -0.2) is 35.1 Å². The number of nitrogens with one attached hydrogen (secondary N) is 1. The van der Waals surface area contributed by atoms with Crippen molar-refractivity contribution in [3.63, 3.8) is 0 Å². The number of aryl methyl sites for hydroxylation is 1. The van der Waals surface area contributed by atoms with Crippen molar-refractivity contribution in [1.29, 1.82) is 0 Å². The lowest BCUT2D eigenvalue weighted by molar-refractivity contribution is 0.117. The highest BCUT2D eigenvalue weighted by molar-refractivity contribution is 5.07. The van der Waals surface area contributed by atoms with Gasteiger partial charge in [0.2, 0.25) is 0 Å². The van der Waals surface area contributed by atoms with Crippen molar-refractivity contribution in [2.45, 2.75) is 52.3 Å². The molecule has 1 aliphatic heterocycles. The summed E-state index contributed by atoms with van der Waals surface area (Å²) in [5, 5.41) is 7.95. The summed E-state index contributed by atoms with van der Waals surface area (Å²) in [7, 11) is 0. The molecule has 0 amide bonds. The summed E-state index contributed by atoms with van der Waals surface area (Å²) in [5.41, 5.74) is 1.32. The molecule has 0 aromatic carbocycles. The van der Waals surface area contributed by atoms with Crippen LogP contribution in [0.1, 0.15) is 32.8 Å². The first-order valence-electron chi connectivity index (χ1n) is 7.09. The molecular weight excluding hydrogens is 226 g/mol. The summed E-state index contributed by atoms with van der Waals surface area (Å²) < 4.78 is 7.69. The van der Waals surface area contributed by atoms with Crippen LogP contribution in [0.25, 0.3) is 0 Å². The molecule has 0 aliphatic carbocycles. The first-order valence-corrected chi connectivity index (χ1v) is 7.09. The number of ether oxygens (including phenoxy) is 1. The van der Waals surface area contributed by atoms with Gasteiger partial charge in [-0.2, -0.15) is 5.10 Å². The van der Waals surface area contributed by atoms with Gasteiger partial charge in [0.25, 0.3) is 0 Å². The highest BCUT2D eigenvalue weighted by Crippen LogP contribution is 2.24. The van der Waals surface area contributed by atoms with Crippen molar-refractivity contribution < 1.29 is 4.74 Å². The van der Waals surface area contributed by atoms with Gasteiger partial charge in [-0.05, 0) is 38.8 Å². The Hall–Kier alpha value is -0.870. The third kappa shape index (κ3) is 3.33. The third-order valence-corrected chi connectivity index (χ3v) is 3.73. The predicted octanol–water partition coefficient (Wildman–Crippen LogP) is 1.85. The van der Waals surface area contributed by atoms with Crippen LogP contribution in [0, 0.1) is 5.92 Å². The fraction of sp³-hybridized carbons (Fsp3) is 0.786. The Morgan fingerprint density at radius 2 is 2.39 bits per heavy atom. The van der Waals surface area contributed by atoms with Gasteiger partial charge in [0.1, 0.15) is 0 Å². The van der Waals surface area contributed by atoms with Crippen LogP contribution < -0.4 is 5.32 Å². The quantitative estimate of drug-likeness (QED) is 0.838. The van der Waals surface area contributed by atoms with E-state index in [2.05, 4.69) is 37.4 Å². The molecule has 3 atom stereocenters. The van der Waals surface area contributed by atoms with Crippen molar-refractivity contribution in [2.75, 3.05) is 13.2 Å². The Morgan fingerprint density at radius 1 is 1.56 bits per heavy atom. The van der Waals surface area contributed by atoms with Crippen molar-refractivity contribution >= 4 is 0 Å². The van der Waals surface area contributed by atoms with Crippen LogP contribution in [0.4, 0.5) is 0 Å². The zero-order valence-electron chi connectivity index (χ0n) is 11.7. The van der Waals surface area contributed by atoms with Crippen molar-refractivity contribution in [3.05, 3.63) is 18.0 Å². The Kier molecular flexibility index (Phi) is 4.78. The molecule has 2 heterocycles. The standard InChI is InChI=1S/C14H25N3O/c1-4-15-14(13-6-11(3)18-10-13)7-12-8-16-17(5-2)9-12/h8-9,11,13-15H,4-7,10H2,1-3H3. The van der Waals surface area contributed by atoms with Crippen molar-refractivity contribution in [1.82, 2.24) is 15.1 Å². The highest BCUT2D eigenvalue weighted by Gasteiger charge is 2.29. The van der Waals surface area contributed by atoms with Gasteiger partial charge in [-0.15, -0.1) is 0 Å². The summed E-state index contributed by atoms with van der Waals surface area (Å²) in [6.45, 7) is 9.29. The molecule has 0 saturated carbocycles. The lowest BCUT2D eigenvalue weighted by Gasteiger charge is -2.22. The molecule has 4 nitrogen and oxygen atoms in total. The summed E-state index contributed by atoms with van der Waals surface area (Å²) >= 11 is 0. The molecule has 1 N–H and O–H groups in total. The second kappa shape index (κ2) is 6.34. The maximum absolute atomic E-state index is 5.70. The molecule has 1 fully saturated rings. The van der Waals surface area contributed by atoms with Gasteiger partial charge in [0.05, 0.1) is 18.9 Å². The minimum atomic E-state index is 0.412. The molecule has 18 heavy (non-hydrogen) atoms. The lowest BCUT2D eigenvalue weighted by atomic mass is 9.92. The molecule has 1 aliphatic rings. The molecule has 2 rings (SSSR count). The van der Waals surface area contributed by atoms with Gasteiger partial charge < -0.3 is 10.1 Å². The first kappa shape index (κ1) is 13.6. The van der Waals surface area contributed by atoms with Gasteiger partial charge in [-0.3, -0.25) is 4.68 Å². The van der Waals surface area contributed by atoms with E-state index in [0.717, 1.165) is 26.1 Å². The molecule has 3 unspecified atom stereocenters. The van der Waals surface area contributed by atoms with Crippen LogP contribution in [0.2, 0.25) is 0 Å². The van der Waals surface area contributed by atoms with Gasteiger partial charge in [0, 0.05) is 24.7 Å². The van der Waals surface area contributed by atoms with E-state index in [0.29, 0.717) is 18.1 Å². The fourth-order valence-corrected chi connectivity index (χ4v) is 2.74. The molecule has 4 heteroatoms. The number of rotatable bonds is 6. The molecule has 102 valence electrons. The van der Waals surface area contributed by atoms with E-state index in [9.17, 15) is 0 Å². The van der Waals surface area contributed by atoms with Crippen LogP contribution >= 0.6 is 0 Å². The second-order valence-electron chi connectivity index (χ2n) is 5.21. The lowest BCUT2D eigenvalue weighted by Crippen LogP contribution is -2.38. The molecule has 1 aromatic heterocycles. The Bertz CT molecular complexity index is 364. The molecule has 0 radical (unpaired) electrons. The third-order valence-electron chi connectivity index (χ3n) is 3.73. The maximum Gasteiger partial charge on any atom is 0.0551 e. The predicted molar refractivity (Wildman–Crippen MR) is 72.6 cm³/mol. The first-order chi connectivity index (χ1) is 8.72. The second-order valence-corrected chi connectivity index (χ2v) is 5.21. The Labute approximate surface area is 110 Å². The normalized spacial score (nSPS) is 25.5. The van der Waals surface area contributed by atoms with E-state index in [1.807, 2.05) is 10.9 Å². The summed E-state index contributed by atoms with van der Waals surface area (Å²) in [5.74, 6) is 0.630. The van der Waals surface area contributed by atoms with Crippen molar-refractivity contribution in [2.24, 2.45) is 5.92 Å². The van der Waals surface area contributed by atoms with E-state index >= 15 is 0 Å². The summed E-state index contributed by atoms with van der Waals surface area (Å²) in [4.78, 5) is 0. The average Bonchev–Trinajstić information content (AvgIpc) is 2.97. The minimum Gasteiger partial charge on any atom is -0.378 e. The molecule has 1 saturated heterocycles. The van der Waals surface area contributed by atoms with Gasteiger partial charge in [-0.25, -0.2) is 0 Å². The average molecular weight is 251 g/mol. The number of aromatic nitrogens is 2.